The number of hydrogen-bond acceptors (Lipinski definition) is 4. The van der Waals surface area contributed by atoms with Gasteiger partial charge >= 0.3 is 0 Å². The van der Waals surface area contributed by atoms with Crippen LogP contribution in [0.5, 0.6) is 0 Å². The first kappa shape index (κ1) is 21.0. The van der Waals surface area contributed by atoms with Crippen molar-refractivity contribution in [2.75, 3.05) is 18.9 Å². The van der Waals surface area contributed by atoms with Crippen LogP contribution < -0.4 is 5.32 Å². The molecule has 1 amide bonds. The van der Waals surface area contributed by atoms with Crippen LogP contribution in [-0.4, -0.2) is 38.0 Å². The molecule has 0 radical (unpaired) electrons. The maximum atomic E-state index is 12.7. The van der Waals surface area contributed by atoms with Crippen molar-refractivity contribution in [1.29, 1.82) is 0 Å². The number of carbonyl (C=O) groups excluding carboxylic acids is 2. The van der Waals surface area contributed by atoms with Gasteiger partial charge in [-0.05, 0) is 59.9 Å². The topological polar surface area (TPSA) is 83.6 Å². The number of carbonyl (C=O) groups is 2. The van der Waals surface area contributed by atoms with E-state index < -0.39 is 15.9 Å². The van der Waals surface area contributed by atoms with Crippen LogP contribution in [0.1, 0.15) is 28.4 Å². The minimum absolute atomic E-state index is 0.0306. The molecule has 158 valence electrons. The molecule has 6 nitrogen and oxygen atoms in total. The first-order valence-electron chi connectivity index (χ1n) is 9.84. The summed E-state index contributed by atoms with van der Waals surface area (Å²) in [5.41, 5.74) is 5.80. The maximum Gasteiger partial charge on any atom is 0.243 e. The molecule has 0 aromatic heterocycles. The van der Waals surface area contributed by atoms with Gasteiger partial charge in [0.15, 0.2) is 5.78 Å². The Morgan fingerprint density at radius 2 is 1.61 bits per heavy atom. The van der Waals surface area contributed by atoms with E-state index in [1.807, 2.05) is 30.3 Å². The molecule has 3 aromatic carbocycles. The predicted molar refractivity (Wildman–Crippen MR) is 120 cm³/mol. The molecule has 3 aromatic rings. The molecular weight excluding hydrogens is 412 g/mol. The van der Waals surface area contributed by atoms with E-state index in [1.54, 1.807) is 0 Å². The number of sulfonamides is 1. The summed E-state index contributed by atoms with van der Waals surface area (Å²) in [4.78, 5) is 23.9. The van der Waals surface area contributed by atoms with Gasteiger partial charge < -0.3 is 5.32 Å². The van der Waals surface area contributed by atoms with Gasteiger partial charge in [0.2, 0.25) is 15.9 Å². The molecule has 1 aliphatic rings. The van der Waals surface area contributed by atoms with Gasteiger partial charge in [-0.3, -0.25) is 9.59 Å². The summed E-state index contributed by atoms with van der Waals surface area (Å²) >= 11 is 0. The SMILES string of the molecule is CC(=O)c1ccc(S(=O)(=O)N(C)CC(=O)Nc2ccc3c(c2)Cc2ccccc2-3)cc1. The van der Waals surface area contributed by atoms with Crippen molar-refractivity contribution in [3.63, 3.8) is 0 Å². The van der Waals surface area contributed by atoms with Gasteiger partial charge in [0.25, 0.3) is 0 Å². The van der Waals surface area contributed by atoms with E-state index in [0.29, 0.717) is 11.3 Å². The van der Waals surface area contributed by atoms with Gasteiger partial charge in [0.1, 0.15) is 0 Å². The molecule has 4 rings (SSSR count). The monoisotopic (exact) mass is 434 g/mol. The number of Topliss-reactive ketones (excluding diaryl/α,β-unsaturated/α-hetero) is 1. The van der Waals surface area contributed by atoms with E-state index in [0.717, 1.165) is 21.9 Å². The highest BCUT2D eigenvalue weighted by molar-refractivity contribution is 7.89. The third kappa shape index (κ3) is 4.15. The summed E-state index contributed by atoms with van der Waals surface area (Å²) in [5.74, 6) is -0.573. The standard InChI is InChI=1S/C24H22N2O4S/c1-16(27)17-7-10-21(11-8-17)31(29,30)26(2)15-24(28)25-20-9-12-23-19(14-20)13-18-5-3-4-6-22(18)23/h3-12,14H,13,15H2,1-2H3,(H,25,28). The quantitative estimate of drug-likeness (QED) is 0.469. The van der Waals surface area contributed by atoms with E-state index in [4.69, 9.17) is 0 Å². The summed E-state index contributed by atoms with van der Waals surface area (Å²) in [7, 11) is -2.50. The minimum atomic E-state index is -3.85. The predicted octanol–water partition coefficient (Wildman–Crippen LogP) is 3.72. The highest BCUT2D eigenvalue weighted by Gasteiger charge is 2.24. The zero-order valence-corrected chi connectivity index (χ0v) is 18.1. The van der Waals surface area contributed by atoms with Crippen LogP contribution in [0.3, 0.4) is 0 Å². The molecule has 0 spiro atoms. The Hall–Kier alpha value is -3.29. The molecule has 0 aliphatic heterocycles. The summed E-state index contributed by atoms with van der Waals surface area (Å²) in [6.07, 6.45) is 0.805. The van der Waals surface area contributed by atoms with E-state index in [1.165, 1.54) is 49.4 Å². The Kier molecular flexibility index (Phi) is 5.47. The largest absolute Gasteiger partial charge is 0.325 e. The lowest BCUT2D eigenvalue weighted by molar-refractivity contribution is -0.116. The molecule has 0 unspecified atom stereocenters. The molecule has 0 heterocycles. The zero-order chi connectivity index (χ0) is 22.2. The lowest BCUT2D eigenvalue weighted by Gasteiger charge is -2.17. The number of likely N-dealkylation sites (N-methyl/N-ethyl adjacent to an activating group) is 1. The average molecular weight is 435 g/mol. The number of amides is 1. The minimum Gasteiger partial charge on any atom is -0.325 e. The number of rotatable bonds is 6. The van der Waals surface area contributed by atoms with Gasteiger partial charge in [-0.2, -0.15) is 4.31 Å². The van der Waals surface area contributed by atoms with Crippen molar-refractivity contribution in [1.82, 2.24) is 4.31 Å². The molecule has 0 bridgehead atoms. The van der Waals surface area contributed by atoms with Crippen molar-refractivity contribution in [2.45, 2.75) is 18.2 Å². The second-order valence-corrected chi connectivity index (χ2v) is 9.64. The number of nitrogens with zero attached hydrogens (tertiary/aromatic N) is 1. The number of nitrogens with one attached hydrogen (secondary N) is 1. The summed E-state index contributed by atoms with van der Waals surface area (Å²) in [6, 6.07) is 19.6. The van der Waals surface area contributed by atoms with E-state index >= 15 is 0 Å². The Morgan fingerprint density at radius 3 is 2.32 bits per heavy atom. The van der Waals surface area contributed by atoms with Crippen LogP contribution in [-0.2, 0) is 21.2 Å². The van der Waals surface area contributed by atoms with Crippen LogP contribution in [0.15, 0.2) is 71.6 Å². The molecule has 1 N–H and O–H groups in total. The number of hydrogen-bond donors (Lipinski definition) is 1. The average Bonchev–Trinajstić information content (AvgIpc) is 3.11. The van der Waals surface area contributed by atoms with Crippen molar-refractivity contribution in [3.8, 4) is 11.1 Å². The third-order valence-electron chi connectivity index (χ3n) is 5.41. The first-order valence-corrected chi connectivity index (χ1v) is 11.3. The zero-order valence-electron chi connectivity index (χ0n) is 17.3. The van der Waals surface area contributed by atoms with E-state index in [-0.39, 0.29) is 17.2 Å². The smallest absolute Gasteiger partial charge is 0.243 e. The lowest BCUT2D eigenvalue weighted by Crippen LogP contribution is -2.35. The lowest BCUT2D eigenvalue weighted by atomic mass is 10.1. The van der Waals surface area contributed by atoms with Gasteiger partial charge in [0, 0.05) is 18.3 Å². The number of benzene rings is 3. The first-order chi connectivity index (χ1) is 14.8. The van der Waals surface area contributed by atoms with Crippen molar-refractivity contribution in [2.24, 2.45) is 0 Å². The fourth-order valence-electron chi connectivity index (χ4n) is 3.75. The normalized spacial score (nSPS) is 12.4. The Balaban J connectivity index is 1.44. The van der Waals surface area contributed by atoms with Crippen LogP contribution in [0.4, 0.5) is 5.69 Å². The van der Waals surface area contributed by atoms with Crippen molar-refractivity contribution < 1.29 is 18.0 Å². The van der Waals surface area contributed by atoms with E-state index in [2.05, 4.69) is 17.4 Å². The summed E-state index contributed by atoms with van der Waals surface area (Å²) in [5, 5.41) is 2.79. The van der Waals surface area contributed by atoms with Crippen LogP contribution >= 0.6 is 0 Å². The Labute approximate surface area is 181 Å². The third-order valence-corrected chi connectivity index (χ3v) is 7.23. The summed E-state index contributed by atoms with van der Waals surface area (Å²) < 4.78 is 26.5. The van der Waals surface area contributed by atoms with E-state index in [9.17, 15) is 18.0 Å². The fourth-order valence-corrected chi connectivity index (χ4v) is 4.88. The molecular formula is C24H22N2O4S. The molecule has 7 heteroatoms. The van der Waals surface area contributed by atoms with Crippen LogP contribution in [0.25, 0.3) is 11.1 Å². The van der Waals surface area contributed by atoms with Gasteiger partial charge in [-0.1, -0.05) is 42.5 Å². The Bertz CT molecular complexity index is 1280. The van der Waals surface area contributed by atoms with Gasteiger partial charge in [0.05, 0.1) is 11.4 Å². The molecule has 31 heavy (non-hydrogen) atoms. The molecule has 0 fully saturated rings. The second-order valence-electron chi connectivity index (χ2n) is 7.60. The number of fused-ring (bicyclic) bond motifs is 3. The second kappa shape index (κ2) is 8.09. The van der Waals surface area contributed by atoms with Crippen LogP contribution in [0, 0.1) is 0 Å². The highest BCUT2D eigenvalue weighted by Crippen LogP contribution is 2.37. The molecule has 0 saturated carbocycles. The molecule has 1 aliphatic carbocycles. The molecule has 0 saturated heterocycles. The maximum absolute atomic E-state index is 12.7. The molecule has 0 atom stereocenters. The van der Waals surface area contributed by atoms with Gasteiger partial charge in [-0.25, -0.2) is 8.42 Å². The van der Waals surface area contributed by atoms with Gasteiger partial charge in [-0.15, -0.1) is 0 Å². The highest BCUT2D eigenvalue weighted by atomic mass is 32.2. The number of ketones is 1. The van der Waals surface area contributed by atoms with Crippen molar-refractivity contribution in [3.05, 3.63) is 83.4 Å². The fraction of sp³-hybridized carbons (Fsp3) is 0.167. The Morgan fingerprint density at radius 1 is 0.935 bits per heavy atom. The van der Waals surface area contributed by atoms with Crippen LogP contribution in [0.2, 0.25) is 0 Å². The number of anilines is 1. The summed E-state index contributed by atoms with van der Waals surface area (Å²) in [6.45, 7) is 1.09. The van der Waals surface area contributed by atoms with Crippen molar-refractivity contribution >= 4 is 27.4 Å².